The number of nitrogens with two attached hydrogens (primary N) is 1. The van der Waals surface area contributed by atoms with Gasteiger partial charge in [-0.05, 0) is 124 Å². The SMILES string of the molecule is CCn1c(-c2nc3cc(C(=O)N4C[C@H]5CC[C@@H]4[C@@H]5Nc4ccc5cc(-c6nc7cc(C(=O)N8CC9CCC8C(N)C9)cc(OC)c7n6C)n(CC6CC6)c5n4)cc(OC)c3n2C)cc2ccc(OC)nc21. The zero-order chi connectivity index (χ0) is 48.6. The minimum absolute atomic E-state index is 0.00177. The first-order chi connectivity index (χ1) is 34.5. The summed E-state index contributed by atoms with van der Waals surface area (Å²) in [5, 5.41) is 5.85. The third-order valence-corrected chi connectivity index (χ3v) is 16.6. The maximum Gasteiger partial charge on any atom is 0.254 e. The van der Waals surface area contributed by atoms with Crippen LogP contribution in [0, 0.1) is 17.8 Å². The lowest BCUT2D eigenvalue weighted by molar-refractivity contribution is 0.0249. The number of aromatic nitrogens is 8. The average molecular weight is 957 g/mol. The van der Waals surface area contributed by atoms with Gasteiger partial charge in [-0.25, -0.2) is 15.0 Å². The third kappa shape index (κ3) is 6.89. The second-order valence-corrected chi connectivity index (χ2v) is 20.7. The van der Waals surface area contributed by atoms with Crippen LogP contribution in [0.4, 0.5) is 5.82 Å². The number of fused-ring (bicyclic) bond motifs is 9. The lowest BCUT2D eigenvalue weighted by atomic mass is 9.76. The smallest absolute Gasteiger partial charge is 0.254 e. The Kier molecular flexibility index (Phi) is 10.2. The Morgan fingerprint density at radius 2 is 1.28 bits per heavy atom. The number of pyridine rings is 2. The molecule has 3 aliphatic heterocycles. The normalized spacial score (nSPS) is 22.7. The summed E-state index contributed by atoms with van der Waals surface area (Å²) in [6, 6.07) is 20.1. The van der Waals surface area contributed by atoms with E-state index in [1.807, 2.05) is 64.9 Å². The predicted octanol–water partition coefficient (Wildman–Crippen LogP) is 7.62. The summed E-state index contributed by atoms with van der Waals surface area (Å²) >= 11 is 0. The van der Waals surface area contributed by atoms with Crippen molar-refractivity contribution in [3.05, 3.63) is 71.8 Å². The number of amides is 2. The van der Waals surface area contributed by atoms with Crippen molar-refractivity contribution in [2.24, 2.45) is 37.6 Å². The molecule has 17 nitrogen and oxygen atoms in total. The number of anilines is 1. The molecule has 2 amide bonds. The molecule has 6 aliphatic rings. The minimum Gasteiger partial charge on any atom is -0.494 e. The monoisotopic (exact) mass is 956 g/mol. The van der Waals surface area contributed by atoms with E-state index >= 15 is 0 Å². The molecule has 0 radical (unpaired) electrons. The Labute approximate surface area is 410 Å². The molecule has 6 aromatic heterocycles. The highest BCUT2D eigenvalue weighted by Crippen LogP contribution is 2.43. The summed E-state index contributed by atoms with van der Waals surface area (Å²) in [6.07, 6.45) is 7.35. The Hall–Kier alpha value is -7.14. The molecule has 3 saturated heterocycles. The van der Waals surface area contributed by atoms with Crippen LogP contribution < -0.4 is 25.3 Å². The number of carbonyl (C=O) groups excluding carboxylic acids is 2. The van der Waals surface area contributed by atoms with Gasteiger partial charge in [0, 0.05) is 80.3 Å². The van der Waals surface area contributed by atoms with Crippen molar-refractivity contribution in [2.45, 2.75) is 89.1 Å². The number of likely N-dealkylation sites (tertiary alicyclic amines) is 1. The second-order valence-electron chi connectivity index (χ2n) is 20.7. The van der Waals surface area contributed by atoms with Crippen LogP contribution in [0.25, 0.3) is 67.2 Å². The summed E-state index contributed by atoms with van der Waals surface area (Å²) in [4.78, 5) is 53.3. The van der Waals surface area contributed by atoms with Crippen LogP contribution in [0.3, 0.4) is 0 Å². The van der Waals surface area contributed by atoms with Crippen molar-refractivity contribution in [1.29, 1.82) is 0 Å². The fraction of sp³-hybridized carbons (Fsp3) is 0.444. The van der Waals surface area contributed by atoms with E-state index < -0.39 is 0 Å². The molecule has 2 aromatic carbocycles. The standard InChI is InChI=1S/C54H60N12O5/c1-7-63-40(21-31-13-17-45(71-6)60-50(31)63)51-56-36-20-34(24-43(70-5)47(36)61(51)2)54(68)66-27-32-11-15-39(66)46(32)58-44-16-12-30-22-41(64(49(30)59-44)25-28-8-9-28)52-57-37-19-33(23-42(69-4)48(37)62(52)3)53(67)65-26-29-10-14-38(65)35(55)18-29/h12-13,16-17,19-24,28-29,32,35,38-39,46H,7-11,14-15,18,25-27,55H2,1-6H3,(H,58,59)/t29?,32-,35?,38?,39-,46-/m1/s1. The fourth-order valence-corrected chi connectivity index (χ4v) is 12.9. The maximum absolute atomic E-state index is 14.7. The van der Waals surface area contributed by atoms with Crippen LogP contribution in [0.15, 0.2) is 60.7 Å². The highest BCUT2D eigenvalue weighted by Gasteiger charge is 2.49. The van der Waals surface area contributed by atoms with E-state index in [0.717, 1.165) is 107 Å². The van der Waals surface area contributed by atoms with Gasteiger partial charge in [-0.15, -0.1) is 0 Å². The molecule has 3 saturated carbocycles. The number of piperidine rings is 3. The Morgan fingerprint density at radius 3 is 1.87 bits per heavy atom. The van der Waals surface area contributed by atoms with Gasteiger partial charge in [0.05, 0.1) is 55.8 Å². The molecule has 3 N–H and O–H groups in total. The average Bonchev–Trinajstić information content (AvgIpc) is 3.74. The predicted molar refractivity (Wildman–Crippen MR) is 272 cm³/mol. The van der Waals surface area contributed by atoms with E-state index in [4.69, 9.17) is 39.9 Å². The number of imidazole rings is 2. The molecule has 3 aliphatic carbocycles. The molecule has 6 fully saturated rings. The van der Waals surface area contributed by atoms with Gasteiger partial charge < -0.3 is 53.3 Å². The number of hydrogen-bond acceptors (Lipinski definition) is 11. The van der Waals surface area contributed by atoms with Gasteiger partial charge in [0.15, 0.2) is 11.6 Å². The van der Waals surface area contributed by atoms with E-state index in [0.29, 0.717) is 64.5 Å². The molecule has 8 aromatic rings. The Morgan fingerprint density at radius 1 is 0.676 bits per heavy atom. The highest BCUT2D eigenvalue weighted by atomic mass is 16.5. The number of nitrogens with zero attached hydrogens (tertiary/aromatic N) is 10. The molecule has 6 atom stereocenters. The Bertz CT molecular complexity index is 3490. The molecule has 366 valence electrons. The molecule has 0 spiro atoms. The van der Waals surface area contributed by atoms with Crippen LogP contribution in [0.5, 0.6) is 17.4 Å². The fourth-order valence-electron chi connectivity index (χ4n) is 12.9. The zero-order valence-electron chi connectivity index (χ0n) is 41.2. The number of benzene rings is 2. The van der Waals surface area contributed by atoms with Crippen molar-refractivity contribution >= 4 is 61.8 Å². The van der Waals surface area contributed by atoms with Gasteiger partial charge in [0.2, 0.25) is 5.88 Å². The van der Waals surface area contributed by atoms with Crippen LogP contribution in [0.2, 0.25) is 0 Å². The van der Waals surface area contributed by atoms with Crippen molar-refractivity contribution in [3.8, 4) is 40.4 Å². The molecule has 14 rings (SSSR count). The summed E-state index contributed by atoms with van der Waals surface area (Å²) < 4.78 is 26.0. The van der Waals surface area contributed by atoms with Crippen molar-refractivity contribution in [1.82, 2.24) is 48.0 Å². The minimum atomic E-state index is -0.0278. The van der Waals surface area contributed by atoms with Crippen LogP contribution in [-0.2, 0) is 27.2 Å². The molecule has 71 heavy (non-hydrogen) atoms. The second kappa shape index (κ2) is 16.5. The van der Waals surface area contributed by atoms with Crippen LogP contribution >= 0.6 is 0 Å². The van der Waals surface area contributed by atoms with E-state index in [-0.39, 0.29) is 41.9 Å². The van der Waals surface area contributed by atoms with Crippen LogP contribution in [-0.4, -0.2) is 118 Å². The lowest BCUT2D eigenvalue weighted by Crippen LogP contribution is -2.60. The van der Waals surface area contributed by atoms with E-state index in [1.54, 1.807) is 21.3 Å². The van der Waals surface area contributed by atoms with E-state index in [1.165, 1.54) is 12.8 Å². The number of hydrogen-bond donors (Lipinski definition) is 2. The number of ether oxygens (including phenoxy) is 3. The Balaban J connectivity index is 0.789. The van der Waals surface area contributed by atoms with Crippen molar-refractivity contribution in [3.63, 3.8) is 0 Å². The third-order valence-electron chi connectivity index (χ3n) is 16.6. The van der Waals surface area contributed by atoms with Gasteiger partial charge in [0.1, 0.15) is 39.6 Å². The lowest BCUT2D eigenvalue weighted by Gasteiger charge is -2.48. The van der Waals surface area contributed by atoms with Gasteiger partial charge in [-0.3, -0.25) is 9.59 Å². The topological polar surface area (TPSA) is 178 Å². The van der Waals surface area contributed by atoms with E-state index in [9.17, 15) is 9.59 Å². The molecule has 9 heterocycles. The van der Waals surface area contributed by atoms with Gasteiger partial charge >= 0.3 is 0 Å². The van der Waals surface area contributed by atoms with E-state index in [2.05, 4.69) is 50.2 Å². The molecule has 3 unspecified atom stereocenters. The number of carbonyl (C=O) groups is 2. The number of methoxy groups -OCH3 is 3. The maximum atomic E-state index is 14.7. The van der Waals surface area contributed by atoms with Gasteiger partial charge in [0.25, 0.3) is 11.8 Å². The van der Waals surface area contributed by atoms with Crippen molar-refractivity contribution in [2.75, 3.05) is 39.7 Å². The molecular weight excluding hydrogens is 897 g/mol. The van der Waals surface area contributed by atoms with Crippen LogP contribution in [0.1, 0.15) is 72.6 Å². The van der Waals surface area contributed by atoms with Gasteiger partial charge in [-0.2, -0.15) is 4.98 Å². The summed E-state index contributed by atoms with van der Waals surface area (Å²) in [6.45, 7) is 5.01. The number of nitrogens with one attached hydrogen (secondary N) is 1. The quantitative estimate of drug-likeness (QED) is 0.123. The summed E-state index contributed by atoms with van der Waals surface area (Å²) in [5.41, 5.74) is 14.3. The zero-order valence-corrected chi connectivity index (χ0v) is 41.2. The number of rotatable bonds is 12. The largest absolute Gasteiger partial charge is 0.494 e. The summed E-state index contributed by atoms with van der Waals surface area (Å²) in [7, 11) is 8.92. The van der Waals surface area contributed by atoms with Crippen molar-refractivity contribution < 1.29 is 23.8 Å². The highest BCUT2D eigenvalue weighted by molar-refractivity contribution is 6.02. The first kappa shape index (κ1) is 43.8. The molecular formula is C54H60N12O5. The molecule has 17 heteroatoms. The number of aryl methyl sites for hydroxylation is 3. The first-order valence-electron chi connectivity index (χ1n) is 25.3. The summed E-state index contributed by atoms with van der Waals surface area (Å²) in [5.74, 6) is 5.36. The van der Waals surface area contributed by atoms with Gasteiger partial charge in [-0.1, -0.05) is 0 Å². The first-order valence-corrected chi connectivity index (χ1v) is 25.3. The molecule has 4 bridgehead atoms.